The van der Waals surface area contributed by atoms with Crippen LogP contribution in [0.3, 0.4) is 0 Å². The molecule has 0 amide bonds. The van der Waals surface area contributed by atoms with Crippen LogP contribution in [0.25, 0.3) is 22.3 Å². The maximum atomic E-state index is 10.9. The number of ether oxygens (including phenoxy) is 1. The Morgan fingerprint density at radius 1 is 1.41 bits per heavy atom. The van der Waals surface area contributed by atoms with Crippen LogP contribution in [0, 0.1) is 6.92 Å². The van der Waals surface area contributed by atoms with Crippen molar-refractivity contribution in [2.45, 2.75) is 6.92 Å². The molecule has 0 radical (unpaired) electrons. The van der Waals surface area contributed by atoms with Crippen molar-refractivity contribution in [2.75, 3.05) is 7.11 Å². The molecule has 112 valence electrons. The molecule has 1 N–H and O–H groups in total. The largest absolute Gasteiger partial charge is 0.496 e. The lowest BCUT2D eigenvalue weighted by Gasteiger charge is -2.06. The number of rotatable bonds is 4. The molecule has 0 aliphatic carbocycles. The second-order valence-corrected chi connectivity index (χ2v) is 5.93. The SMILES string of the molecule is COc1ccccc1-c1nc2sc(C)cn2c1/C=C/C(=O)O. The van der Waals surface area contributed by atoms with E-state index in [1.807, 2.05) is 41.8 Å². The van der Waals surface area contributed by atoms with E-state index in [-0.39, 0.29) is 0 Å². The van der Waals surface area contributed by atoms with Gasteiger partial charge in [0.2, 0.25) is 0 Å². The van der Waals surface area contributed by atoms with Crippen molar-refractivity contribution in [3.8, 4) is 17.0 Å². The second-order valence-electron chi connectivity index (χ2n) is 4.71. The third-order valence-corrected chi connectivity index (χ3v) is 4.12. The summed E-state index contributed by atoms with van der Waals surface area (Å²) >= 11 is 1.56. The Hall–Kier alpha value is -2.60. The van der Waals surface area contributed by atoms with Crippen molar-refractivity contribution >= 4 is 28.3 Å². The number of thiazole rings is 1. The molecule has 0 atom stereocenters. The van der Waals surface area contributed by atoms with Gasteiger partial charge in [-0.15, -0.1) is 11.3 Å². The predicted molar refractivity (Wildman–Crippen MR) is 86.5 cm³/mol. The van der Waals surface area contributed by atoms with Gasteiger partial charge < -0.3 is 9.84 Å². The van der Waals surface area contributed by atoms with Crippen LogP contribution >= 0.6 is 11.3 Å². The van der Waals surface area contributed by atoms with E-state index in [1.165, 1.54) is 0 Å². The van der Waals surface area contributed by atoms with Crippen molar-refractivity contribution in [1.82, 2.24) is 9.38 Å². The van der Waals surface area contributed by atoms with E-state index < -0.39 is 5.97 Å². The molecular formula is C16H14N2O3S. The molecule has 0 bridgehead atoms. The molecule has 0 spiro atoms. The van der Waals surface area contributed by atoms with Crippen molar-refractivity contribution in [3.63, 3.8) is 0 Å². The number of para-hydroxylation sites is 1. The Morgan fingerprint density at radius 3 is 2.91 bits per heavy atom. The summed E-state index contributed by atoms with van der Waals surface area (Å²) in [5.74, 6) is -0.289. The summed E-state index contributed by atoms with van der Waals surface area (Å²) in [4.78, 5) is 17.4. The van der Waals surface area contributed by atoms with E-state index in [0.717, 1.165) is 27.2 Å². The van der Waals surface area contributed by atoms with Gasteiger partial charge >= 0.3 is 5.97 Å². The number of aromatic nitrogens is 2. The van der Waals surface area contributed by atoms with Crippen LogP contribution in [-0.4, -0.2) is 27.6 Å². The number of hydrogen-bond donors (Lipinski definition) is 1. The molecule has 22 heavy (non-hydrogen) atoms. The summed E-state index contributed by atoms with van der Waals surface area (Å²) in [5, 5.41) is 8.91. The highest BCUT2D eigenvalue weighted by molar-refractivity contribution is 7.17. The normalized spacial score (nSPS) is 11.4. The van der Waals surface area contributed by atoms with Gasteiger partial charge in [0.1, 0.15) is 11.4 Å². The molecule has 1 aromatic carbocycles. The number of fused-ring (bicyclic) bond motifs is 1. The number of carbonyl (C=O) groups is 1. The molecular weight excluding hydrogens is 300 g/mol. The van der Waals surface area contributed by atoms with Crippen LogP contribution in [-0.2, 0) is 4.79 Å². The maximum absolute atomic E-state index is 10.9. The Labute approximate surface area is 131 Å². The van der Waals surface area contributed by atoms with Gasteiger partial charge in [0, 0.05) is 22.7 Å². The van der Waals surface area contributed by atoms with Gasteiger partial charge in [0.05, 0.1) is 12.8 Å². The quantitative estimate of drug-likeness (QED) is 0.749. The van der Waals surface area contributed by atoms with Gasteiger partial charge in [0.15, 0.2) is 4.96 Å². The molecule has 2 aromatic heterocycles. The van der Waals surface area contributed by atoms with E-state index in [4.69, 9.17) is 9.84 Å². The van der Waals surface area contributed by atoms with E-state index in [2.05, 4.69) is 4.98 Å². The van der Waals surface area contributed by atoms with Crippen LogP contribution in [0.1, 0.15) is 10.6 Å². The minimum absolute atomic E-state index is 0.704. The number of benzene rings is 1. The first-order valence-corrected chi connectivity index (χ1v) is 7.44. The maximum Gasteiger partial charge on any atom is 0.328 e. The number of nitrogens with zero attached hydrogens (tertiary/aromatic N) is 2. The summed E-state index contributed by atoms with van der Waals surface area (Å²) in [7, 11) is 1.61. The number of aryl methyl sites for hydroxylation is 1. The van der Waals surface area contributed by atoms with Gasteiger partial charge in [-0.3, -0.25) is 4.40 Å². The van der Waals surface area contributed by atoms with Crippen LogP contribution in [0.15, 0.2) is 36.5 Å². The molecule has 3 rings (SSSR count). The fourth-order valence-electron chi connectivity index (χ4n) is 2.32. The van der Waals surface area contributed by atoms with E-state index >= 15 is 0 Å². The molecule has 0 saturated carbocycles. The first kappa shape index (κ1) is 14.3. The predicted octanol–water partition coefficient (Wildman–Crippen LogP) is 3.48. The summed E-state index contributed by atoms with van der Waals surface area (Å²) in [6.07, 6.45) is 4.64. The molecule has 0 aliphatic heterocycles. The van der Waals surface area contributed by atoms with Crippen molar-refractivity contribution in [3.05, 3.63) is 47.1 Å². The third-order valence-electron chi connectivity index (χ3n) is 3.22. The monoisotopic (exact) mass is 314 g/mol. The highest BCUT2D eigenvalue weighted by Gasteiger charge is 2.17. The summed E-state index contributed by atoms with van der Waals surface area (Å²) in [6.45, 7) is 1.99. The molecule has 0 saturated heterocycles. The molecule has 0 fully saturated rings. The lowest BCUT2D eigenvalue weighted by molar-refractivity contribution is -0.131. The summed E-state index contributed by atoms with van der Waals surface area (Å²) in [6, 6.07) is 7.56. The number of methoxy groups -OCH3 is 1. The first-order chi connectivity index (χ1) is 10.6. The number of imidazole rings is 1. The standard InChI is InChI=1S/C16H14N2O3S/c1-10-9-18-12(7-8-14(19)20)15(17-16(18)22-10)11-5-3-4-6-13(11)21-2/h3-9H,1-2H3,(H,19,20)/b8-7+. The van der Waals surface area contributed by atoms with Gasteiger partial charge in [-0.05, 0) is 25.1 Å². The highest BCUT2D eigenvalue weighted by Crippen LogP contribution is 2.34. The topological polar surface area (TPSA) is 63.8 Å². The minimum atomic E-state index is -0.993. The van der Waals surface area contributed by atoms with Gasteiger partial charge in [-0.1, -0.05) is 12.1 Å². The summed E-state index contributed by atoms with van der Waals surface area (Å²) in [5.41, 5.74) is 2.27. The number of carboxylic acid groups (broad SMARTS) is 1. The van der Waals surface area contributed by atoms with E-state index in [0.29, 0.717) is 11.4 Å². The lowest BCUT2D eigenvalue weighted by atomic mass is 10.1. The number of hydrogen-bond acceptors (Lipinski definition) is 4. The van der Waals surface area contributed by atoms with Gasteiger partial charge in [-0.2, -0.15) is 0 Å². The summed E-state index contributed by atoms with van der Waals surface area (Å²) < 4.78 is 7.29. The van der Waals surface area contributed by atoms with Crippen molar-refractivity contribution in [1.29, 1.82) is 0 Å². The van der Waals surface area contributed by atoms with Gasteiger partial charge in [-0.25, -0.2) is 9.78 Å². The first-order valence-electron chi connectivity index (χ1n) is 6.63. The fourth-order valence-corrected chi connectivity index (χ4v) is 3.15. The Kier molecular flexibility index (Phi) is 3.68. The zero-order valence-corrected chi connectivity index (χ0v) is 12.9. The Balaban J connectivity index is 2.26. The van der Waals surface area contributed by atoms with E-state index in [1.54, 1.807) is 24.5 Å². The van der Waals surface area contributed by atoms with Gasteiger partial charge in [0.25, 0.3) is 0 Å². The second kappa shape index (κ2) is 5.65. The molecule has 0 unspecified atom stereocenters. The van der Waals surface area contributed by atoms with Crippen LogP contribution in [0.2, 0.25) is 0 Å². The zero-order chi connectivity index (χ0) is 15.7. The lowest BCUT2D eigenvalue weighted by Crippen LogP contribution is -1.92. The zero-order valence-electron chi connectivity index (χ0n) is 12.1. The molecule has 2 heterocycles. The average molecular weight is 314 g/mol. The fraction of sp³-hybridized carbons (Fsp3) is 0.125. The molecule has 6 heteroatoms. The molecule has 0 aliphatic rings. The van der Waals surface area contributed by atoms with Crippen molar-refractivity contribution in [2.24, 2.45) is 0 Å². The third kappa shape index (κ3) is 2.48. The minimum Gasteiger partial charge on any atom is -0.496 e. The molecule has 5 nitrogen and oxygen atoms in total. The van der Waals surface area contributed by atoms with E-state index in [9.17, 15) is 4.79 Å². The number of aliphatic carboxylic acids is 1. The average Bonchev–Trinajstić information content (AvgIpc) is 3.01. The van der Waals surface area contributed by atoms with Crippen LogP contribution in [0.5, 0.6) is 5.75 Å². The highest BCUT2D eigenvalue weighted by atomic mass is 32.1. The smallest absolute Gasteiger partial charge is 0.328 e. The van der Waals surface area contributed by atoms with Crippen molar-refractivity contribution < 1.29 is 14.6 Å². The van der Waals surface area contributed by atoms with Crippen LogP contribution < -0.4 is 4.74 Å². The molecule has 3 aromatic rings. The number of carboxylic acids is 1. The van der Waals surface area contributed by atoms with Crippen LogP contribution in [0.4, 0.5) is 0 Å². The Bertz CT molecular complexity index is 877. The Morgan fingerprint density at radius 2 is 2.18 bits per heavy atom.